The van der Waals surface area contributed by atoms with Gasteiger partial charge in [0, 0.05) is 25.5 Å². The van der Waals surface area contributed by atoms with Crippen molar-refractivity contribution in [2.75, 3.05) is 26.7 Å². The molecular weight excluding hydrogens is 272 g/mol. The van der Waals surface area contributed by atoms with Crippen LogP contribution in [-0.2, 0) is 6.42 Å². The first-order chi connectivity index (χ1) is 10.7. The Morgan fingerprint density at radius 1 is 1.18 bits per heavy atom. The molecular formula is C19H24N2O. The summed E-state index contributed by atoms with van der Waals surface area (Å²) in [7, 11) is 2.02. The van der Waals surface area contributed by atoms with Gasteiger partial charge in [0.05, 0.1) is 6.61 Å². The topological polar surface area (TPSA) is 36.4 Å². The molecule has 0 spiro atoms. The number of benzene rings is 1. The molecule has 0 unspecified atom stereocenters. The van der Waals surface area contributed by atoms with E-state index < -0.39 is 0 Å². The van der Waals surface area contributed by atoms with Crippen LogP contribution in [0.1, 0.15) is 23.6 Å². The van der Waals surface area contributed by atoms with Crippen LogP contribution in [0.5, 0.6) is 0 Å². The number of likely N-dealkylation sites (N-methyl/N-ethyl adjacent to an activating group) is 1. The van der Waals surface area contributed by atoms with Crippen LogP contribution in [0.25, 0.3) is 6.08 Å². The molecule has 0 aliphatic heterocycles. The van der Waals surface area contributed by atoms with E-state index in [1.807, 2.05) is 19.3 Å². The summed E-state index contributed by atoms with van der Waals surface area (Å²) in [5, 5.41) is 8.93. The van der Waals surface area contributed by atoms with E-state index in [9.17, 15) is 0 Å². The van der Waals surface area contributed by atoms with Gasteiger partial charge in [-0.3, -0.25) is 4.98 Å². The molecule has 2 aromatic rings. The van der Waals surface area contributed by atoms with Crippen LogP contribution in [0.15, 0.2) is 54.4 Å². The second kappa shape index (κ2) is 8.47. The predicted octanol–water partition coefficient (Wildman–Crippen LogP) is 3.00. The van der Waals surface area contributed by atoms with E-state index in [-0.39, 0.29) is 6.61 Å². The summed E-state index contributed by atoms with van der Waals surface area (Å²) in [5.74, 6) is 0. The molecule has 0 bridgehead atoms. The second-order valence-electron chi connectivity index (χ2n) is 5.73. The van der Waals surface area contributed by atoms with Gasteiger partial charge in [-0.2, -0.15) is 0 Å². The van der Waals surface area contributed by atoms with E-state index in [1.54, 1.807) is 6.20 Å². The van der Waals surface area contributed by atoms with E-state index >= 15 is 0 Å². The van der Waals surface area contributed by atoms with Crippen molar-refractivity contribution in [1.82, 2.24) is 9.88 Å². The Morgan fingerprint density at radius 2 is 1.95 bits per heavy atom. The Morgan fingerprint density at radius 3 is 2.59 bits per heavy atom. The summed E-state index contributed by atoms with van der Waals surface area (Å²) in [6.07, 6.45) is 6.82. The maximum atomic E-state index is 8.93. The van der Waals surface area contributed by atoms with E-state index in [4.69, 9.17) is 5.11 Å². The fourth-order valence-electron chi connectivity index (χ4n) is 2.48. The van der Waals surface area contributed by atoms with Crippen LogP contribution >= 0.6 is 0 Å². The maximum absolute atomic E-state index is 8.93. The summed E-state index contributed by atoms with van der Waals surface area (Å²) in [5.41, 5.74) is 5.02. The molecule has 0 radical (unpaired) electrons. The standard InChI is InChI=1S/C19H24N2O/c1-16(15-21(2)10-11-22)12-17-5-7-18(8-6-17)13-19-4-3-9-20-14-19/h3-9,12,14,22H,10-11,13,15H2,1-2H3. The highest BCUT2D eigenvalue weighted by atomic mass is 16.3. The van der Waals surface area contributed by atoms with E-state index in [0.717, 1.165) is 13.0 Å². The molecule has 0 saturated carbocycles. The van der Waals surface area contributed by atoms with Crippen molar-refractivity contribution in [3.05, 3.63) is 71.1 Å². The monoisotopic (exact) mass is 296 g/mol. The van der Waals surface area contributed by atoms with Crippen LogP contribution in [0.2, 0.25) is 0 Å². The van der Waals surface area contributed by atoms with Crippen LogP contribution in [0.4, 0.5) is 0 Å². The minimum absolute atomic E-state index is 0.201. The van der Waals surface area contributed by atoms with Crippen molar-refractivity contribution in [1.29, 1.82) is 0 Å². The molecule has 0 fully saturated rings. The zero-order valence-corrected chi connectivity index (χ0v) is 13.4. The van der Waals surface area contributed by atoms with Gasteiger partial charge < -0.3 is 10.0 Å². The lowest BCUT2D eigenvalue weighted by Crippen LogP contribution is -2.23. The quantitative estimate of drug-likeness (QED) is 0.853. The van der Waals surface area contributed by atoms with Crippen molar-refractivity contribution >= 4 is 6.08 Å². The number of aliphatic hydroxyl groups excluding tert-OH is 1. The second-order valence-corrected chi connectivity index (χ2v) is 5.73. The largest absolute Gasteiger partial charge is 0.395 e. The van der Waals surface area contributed by atoms with Crippen LogP contribution < -0.4 is 0 Å². The Balaban J connectivity index is 1.96. The fourth-order valence-corrected chi connectivity index (χ4v) is 2.48. The Hall–Kier alpha value is -1.97. The van der Waals surface area contributed by atoms with E-state index in [1.165, 1.54) is 22.3 Å². The molecule has 0 aliphatic carbocycles. The van der Waals surface area contributed by atoms with Crippen molar-refractivity contribution < 1.29 is 5.11 Å². The molecule has 1 heterocycles. The first-order valence-corrected chi connectivity index (χ1v) is 7.62. The number of pyridine rings is 1. The molecule has 3 heteroatoms. The first kappa shape index (κ1) is 16.4. The summed E-state index contributed by atoms with van der Waals surface area (Å²) in [4.78, 5) is 6.26. The van der Waals surface area contributed by atoms with Crippen LogP contribution in [-0.4, -0.2) is 41.7 Å². The SMILES string of the molecule is CC(=Cc1ccc(Cc2cccnc2)cc1)CN(C)CCO. The average molecular weight is 296 g/mol. The first-order valence-electron chi connectivity index (χ1n) is 7.62. The molecule has 1 aromatic heterocycles. The lowest BCUT2D eigenvalue weighted by molar-refractivity contribution is 0.230. The average Bonchev–Trinajstić information content (AvgIpc) is 2.50. The van der Waals surface area contributed by atoms with E-state index in [2.05, 4.69) is 53.2 Å². The van der Waals surface area contributed by atoms with Gasteiger partial charge in [0.25, 0.3) is 0 Å². The molecule has 116 valence electrons. The number of nitrogens with zero attached hydrogens (tertiary/aromatic N) is 2. The molecule has 2 rings (SSSR count). The molecule has 22 heavy (non-hydrogen) atoms. The Bertz CT molecular complexity index is 591. The molecule has 0 aliphatic rings. The molecule has 1 N–H and O–H groups in total. The van der Waals surface area contributed by atoms with Gasteiger partial charge in [0.1, 0.15) is 0 Å². The highest BCUT2D eigenvalue weighted by Gasteiger charge is 2.00. The van der Waals surface area contributed by atoms with Crippen LogP contribution in [0, 0.1) is 0 Å². The normalized spacial score (nSPS) is 11.9. The lowest BCUT2D eigenvalue weighted by Gasteiger charge is -2.15. The smallest absolute Gasteiger partial charge is 0.0558 e. The number of hydrogen-bond donors (Lipinski definition) is 1. The molecule has 1 aromatic carbocycles. The van der Waals surface area contributed by atoms with Gasteiger partial charge in [0.2, 0.25) is 0 Å². The third-order valence-electron chi connectivity index (χ3n) is 3.52. The van der Waals surface area contributed by atoms with Gasteiger partial charge in [-0.05, 0) is 43.1 Å². The van der Waals surface area contributed by atoms with Gasteiger partial charge in [0.15, 0.2) is 0 Å². The Kier molecular flexibility index (Phi) is 6.31. The fraction of sp³-hybridized carbons (Fsp3) is 0.316. The summed E-state index contributed by atoms with van der Waals surface area (Å²) < 4.78 is 0. The molecule has 0 saturated heterocycles. The zero-order chi connectivity index (χ0) is 15.8. The number of aromatic nitrogens is 1. The summed E-state index contributed by atoms with van der Waals surface area (Å²) in [6.45, 7) is 3.90. The third kappa shape index (κ3) is 5.43. The minimum Gasteiger partial charge on any atom is -0.395 e. The van der Waals surface area contributed by atoms with E-state index in [0.29, 0.717) is 6.54 Å². The number of hydrogen-bond acceptors (Lipinski definition) is 3. The van der Waals surface area contributed by atoms with Gasteiger partial charge in [-0.25, -0.2) is 0 Å². The predicted molar refractivity (Wildman–Crippen MR) is 91.7 cm³/mol. The van der Waals surface area contributed by atoms with Crippen molar-refractivity contribution in [3.8, 4) is 0 Å². The van der Waals surface area contributed by atoms with Crippen LogP contribution in [0.3, 0.4) is 0 Å². The maximum Gasteiger partial charge on any atom is 0.0558 e. The van der Waals surface area contributed by atoms with Crippen molar-refractivity contribution in [2.24, 2.45) is 0 Å². The highest BCUT2D eigenvalue weighted by Crippen LogP contribution is 2.12. The Labute approximate surface area is 132 Å². The van der Waals surface area contributed by atoms with Gasteiger partial charge in [-0.1, -0.05) is 42.0 Å². The van der Waals surface area contributed by atoms with Gasteiger partial charge >= 0.3 is 0 Å². The molecule has 3 nitrogen and oxygen atoms in total. The zero-order valence-electron chi connectivity index (χ0n) is 13.4. The minimum atomic E-state index is 0.201. The van der Waals surface area contributed by atoms with Crippen molar-refractivity contribution in [3.63, 3.8) is 0 Å². The lowest BCUT2D eigenvalue weighted by atomic mass is 10.0. The third-order valence-corrected chi connectivity index (χ3v) is 3.52. The highest BCUT2D eigenvalue weighted by molar-refractivity contribution is 5.53. The molecule has 0 amide bonds. The summed E-state index contributed by atoms with van der Waals surface area (Å²) in [6, 6.07) is 12.7. The number of aliphatic hydroxyl groups is 1. The van der Waals surface area contributed by atoms with Gasteiger partial charge in [-0.15, -0.1) is 0 Å². The summed E-state index contributed by atoms with van der Waals surface area (Å²) >= 11 is 0. The van der Waals surface area contributed by atoms with Crippen molar-refractivity contribution in [2.45, 2.75) is 13.3 Å². The molecule has 0 atom stereocenters. The number of rotatable bonds is 7.